The van der Waals surface area contributed by atoms with Gasteiger partial charge in [0.1, 0.15) is 11.4 Å². The van der Waals surface area contributed by atoms with E-state index in [9.17, 15) is 18.0 Å². The molecule has 1 amide bonds. The number of aromatic nitrogens is 1. The Morgan fingerprint density at radius 2 is 1.94 bits per heavy atom. The Morgan fingerprint density at radius 1 is 1.23 bits per heavy atom. The molecule has 0 aliphatic rings. The van der Waals surface area contributed by atoms with Gasteiger partial charge in [0.05, 0.1) is 19.6 Å². The maximum atomic E-state index is 13.0. The number of carbonyl (C=O) groups is 1. The summed E-state index contributed by atoms with van der Waals surface area (Å²) in [7, 11) is 1.53. The van der Waals surface area contributed by atoms with Gasteiger partial charge < -0.3 is 20.5 Å². The summed E-state index contributed by atoms with van der Waals surface area (Å²) in [4.78, 5) is 16.3. The smallest absolute Gasteiger partial charge is 0.433 e. The highest BCUT2D eigenvalue weighted by molar-refractivity contribution is 5.83. The zero-order valence-corrected chi connectivity index (χ0v) is 17.9. The molecule has 31 heavy (non-hydrogen) atoms. The highest BCUT2D eigenvalue weighted by Crippen LogP contribution is 2.30. The van der Waals surface area contributed by atoms with Crippen LogP contribution < -0.4 is 20.5 Å². The second kappa shape index (κ2) is 11.0. The first-order valence-corrected chi connectivity index (χ1v) is 10.1. The molecule has 1 unspecified atom stereocenters. The zero-order chi connectivity index (χ0) is 23.0. The van der Waals surface area contributed by atoms with Gasteiger partial charge in [0.15, 0.2) is 0 Å². The van der Waals surface area contributed by atoms with Crippen molar-refractivity contribution in [3.63, 3.8) is 0 Å². The molecule has 0 fully saturated rings. The first kappa shape index (κ1) is 24.5. The van der Waals surface area contributed by atoms with Crippen LogP contribution in [0.5, 0.6) is 11.6 Å². The summed E-state index contributed by atoms with van der Waals surface area (Å²) in [5.41, 5.74) is 6.57. The van der Waals surface area contributed by atoms with Gasteiger partial charge >= 0.3 is 6.18 Å². The summed E-state index contributed by atoms with van der Waals surface area (Å²) in [6.07, 6.45) is -3.07. The van der Waals surface area contributed by atoms with Gasteiger partial charge in [0.2, 0.25) is 11.8 Å². The SMILES string of the molecule is CCCCOc1nc(C(F)(F)F)ccc1CNC(=O)C(C)c1ccc(CN)c(OC)c1. The Bertz CT molecular complexity index is 888. The van der Waals surface area contributed by atoms with E-state index < -0.39 is 17.8 Å². The third kappa shape index (κ3) is 6.58. The van der Waals surface area contributed by atoms with Crippen LogP contribution in [0.2, 0.25) is 0 Å². The van der Waals surface area contributed by atoms with Gasteiger partial charge in [0, 0.05) is 24.2 Å². The molecule has 0 radical (unpaired) electrons. The number of ether oxygens (including phenoxy) is 2. The van der Waals surface area contributed by atoms with Crippen LogP contribution >= 0.6 is 0 Å². The molecule has 0 aliphatic heterocycles. The average molecular weight is 439 g/mol. The monoisotopic (exact) mass is 439 g/mol. The minimum absolute atomic E-state index is 0.00616. The summed E-state index contributed by atoms with van der Waals surface area (Å²) >= 11 is 0. The summed E-state index contributed by atoms with van der Waals surface area (Å²) < 4.78 is 49.8. The predicted octanol–water partition coefficient (Wildman–Crippen LogP) is 4.17. The maximum absolute atomic E-state index is 13.0. The number of hydrogen-bond acceptors (Lipinski definition) is 5. The lowest BCUT2D eigenvalue weighted by molar-refractivity contribution is -0.141. The van der Waals surface area contributed by atoms with Gasteiger partial charge in [0.25, 0.3) is 0 Å². The average Bonchev–Trinajstić information content (AvgIpc) is 2.76. The van der Waals surface area contributed by atoms with Gasteiger partial charge in [-0.2, -0.15) is 13.2 Å². The topological polar surface area (TPSA) is 86.5 Å². The Labute approximate surface area is 179 Å². The third-order valence-electron chi connectivity index (χ3n) is 4.84. The van der Waals surface area contributed by atoms with Crippen molar-refractivity contribution < 1.29 is 27.4 Å². The fourth-order valence-corrected chi connectivity index (χ4v) is 2.89. The molecule has 0 saturated heterocycles. The molecular weight excluding hydrogens is 411 g/mol. The molecule has 0 saturated carbocycles. The minimum atomic E-state index is -4.58. The number of halogens is 3. The summed E-state index contributed by atoms with van der Waals surface area (Å²) in [5, 5.41) is 2.75. The minimum Gasteiger partial charge on any atom is -0.496 e. The molecule has 6 nitrogen and oxygen atoms in total. The lowest BCUT2D eigenvalue weighted by Gasteiger charge is -2.17. The second-order valence-corrected chi connectivity index (χ2v) is 7.08. The van der Waals surface area contributed by atoms with E-state index in [4.69, 9.17) is 15.2 Å². The quantitative estimate of drug-likeness (QED) is 0.543. The standard InChI is InChI=1S/C22H28F3N3O3/c1-4-5-10-31-21-17(8-9-19(28-21)22(23,24)25)13-27-20(29)14(2)15-6-7-16(12-26)18(11-15)30-3/h6-9,11,14H,4-5,10,12-13,26H2,1-3H3,(H,27,29). The normalized spacial score (nSPS) is 12.4. The van der Waals surface area contributed by atoms with Crippen LogP contribution in [0.1, 0.15) is 55.0 Å². The van der Waals surface area contributed by atoms with Crippen LogP contribution in [0, 0.1) is 0 Å². The maximum Gasteiger partial charge on any atom is 0.433 e. The van der Waals surface area contributed by atoms with Gasteiger partial charge in [-0.05, 0) is 37.1 Å². The van der Waals surface area contributed by atoms with E-state index in [0.717, 1.165) is 23.6 Å². The number of nitrogens with two attached hydrogens (primary N) is 1. The first-order chi connectivity index (χ1) is 14.7. The predicted molar refractivity (Wildman–Crippen MR) is 111 cm³/mol. The third-order valence-corrected chi connectivity index (χ3v) is 4.84. The van der Waals surface area contributed by atoms with Crippen molar-refractivity contribution in [2.45, 2.75) is 51.9 Å². The summed E-state index contributed by atoms with van der Waals surface area (Å²) in [6.45, 7) is 4.23. The largest absolute Gasteiger partial charge is 0.496 e. The van der Waals surface area contributed by atoms with Crippen molar-refractivity contribution in [1.82, 2.24) is 10.3 Å². The molecule has 1 heterocycles. The van der Waals surface area contributed by atoms with Crippen molar-refractivity contribution in [3.8, 4) is 11.6 Å². The van der Waals surface area contributed by atoms with E-state index in [1.807, 2.05) is 6.92 Å². The molecular formula is C22H28F3N3O3. The van der Waals surface area contributed by atoms with E-state index in [1.54, 1.807) is 25.1 Å². The number of rotatable bonds is 10. The molecule has 3 N–H and O–H groups in total. The van der Waals surface area contributed by atoms with Crippen LogP contribution in [0.4, 0.5) is 13.2 Å². The highest BCUT2D eigenvalue weighted by Gasteiger charge is 2.33. The fourth-order valence-electron chi connectivity index (χ4n) is 2.89. The van der Waals surface area contributed by atoms with Crippen LogP contribution in [-0.2, 0) is 24.1 Å². The Morgan fingerprint density at radius 3 is 2.55 bits per heavy atom. The number of amides is 1. The molecule has 0 bridgehead atoms. The Balaban J connectivity index is 2.14. The number of pyridine rings is 1. The van der Waals surface area contributed by atoms with Crippen molar-refractivity contribution in [2.75, 3.05) is 13.7 Å². The van der Waals surface area contributed by atoms with Crippen molar-refractivity contribution >= 4 is 5.91 Å². The fraction of sp³-hybridized carbons (Fsp3) is 0.455. The van der Waals surface area contributed by atoms with Crippen LogP contribution in [0.25, 0.3) is 0 Å². The van der Waals surface area contributed by atoms with E-state index in [-0.39, 0.29) is 24.9 Å². The molecule has 0 aliphatic carbocycles. The number of hydrogen-bond donors (Lipinski definition) is 2. The molecule has 2 aromatic rings. The zero-order valence-electron chi connectivity index (χ0n) is 17.9. The number of benzene rings is 1. The number of unbranched alkanes of at least 4 members (excludes halogenated alkanes) is 1. The Hall–Kier alpha value is -2.81. The van der Waals surface area contributed by atoms with Gasteiger partial charge in [-0.25, -0.2) is 4.98 Å². The van der Waals surface area contributed by atoms with E-state index in [2.05, 4.69) is 10.3 Å². The molecule has 1 aromatic carbocycles. The van der Waals surface area contributed by atoms with Crippen LogP contribution in [0.15, 0.2) is 30.3 Å². The molecule has 9 heteroatoms. The number of nitrogens with zero attached hydrogens (tertiary/aromatic N) is 1. The number of carbonyl (C=O) groups excluding carboxylic acids is 1. The van der Waals surface area contributed by atoms with Crippen LogP contribution in [-0.4, -0.2) is 24.6 Å². The molecule has 0 spiro atoms. The Kier molecular flexibility index (Phi) is 8.67. The van der Waals surface area contributed by atoms with E-state index in [1.165, 1.54) is 13.2 Å². The first-order valence-electron chi connectivity index (χ1n) is 10.1. The number of methoxy groups -OCH3 is 1. The van der Waals surface area contributed by atoms with E-state index in [0.29, 0.717) is 24.3 Å². The van der Waals surface area contributed by atoms with Gasteiger partial charge in [-0.1, -0.05) is 25.5 Å². The number of nitrogens with one attached hydrogen (secondary N) is 1. The number of alkyl halides is 3. The molecule has 170 valence electrons. The van der Waals surface area contributed by atoms with Crippen molar-refractivity contribution in [2.24, 2.45) is 5.73 Å². The summed E-state index contributed by atoms with van der Waals surface area (Å²) in [6, 6.07) is 7.52. The lowest BCUT2D eigenvalue weighted by atomic mass is 9.98. The van der Waals surface area contributed by atoms with Crippen LogP contribution in [0.3, 0.4) is 0 Å². The van der Waals surface area contributed by atoms with E-state index >= 15 is 0 Å². The second-order valence-electron chi connectivity index (χ2n) is 7.08. The lowest BCUT2D eigenvalue weighted by Crippen LogP contribution is -2.28. The van der Waals surface area contributed by atoms with Gasteiger partial charge in [-0.15, -0.1) is 0 Å². The van der Waals surface area contributed by atoms with Crippen molar-refractivity contribution in [1.29, 1.82) is 0 Å². The summed E-state index contributed by atoms with van der Waals surface area (Å²) in [5.74, 6) is -0.321. The van der Waals surface area contributed by atoms with Crippen molar-refractivity contribution in [3.05, 3.63) is 52.7 Å². The molecule has 2 rings (SSSR count). The highest BCUT2D eigenvalue weighted by atomic mass is 19.4. The molecule has 1 aromatic heterocycles. The van der Waals surface area contributed by atoms with Gasteiger partial charge in [-0.3, -0.25) is 4.79 Å². The molecule has 1 atom stereocenters.